The summed E-state index contributed by atoms with van der Waals surface area (Å²) in [6.45, 7) is 6.24. The van der Waals surface area contributed by atoms with E-state index in [0.717, 1.165) is 12.2 Å². The molecule has 1 unspecified atom stereocenters. The molecule has 2 aromatic rings. The Hall–Kier alpha value is -2.89. The molecule has 1 aromatic carbocycles. The van der Waals surface area contributed by atoms with E-state index in [1.165, 1.54) is 6.20 Å². The van der Waals surface area contributed by atoms with Crippen LogP contribution in [-0.4, -0.2) is 29.5 Å². The maximum absolute atomic E-state index is 12.3. The van der Waals surface area contributed by atoms with E-state index in [-0.39, 0.29) is 11.9 Å². The molecular weight excluding hydrogens is 318 g/mol. The van der Waals surface area contributed by atoms with Crippen LogP contribution in [0.1, 0.15) is 47.9 Å². The summed E-state index contributed by atoms with van der Waals surface area (Å²) in [5.74, 6) is 0.102. The second-order valence-electron chi connectivity index (χ2n) is 5.64. The number of aromatic nitrogens is 1. The number of rotatable bonds is 7. The lowest BCUT2D eigenvalue weighted by Crippen LogP contribution is -2.16. The highest BCUT2D eigenvalue weighted by Crippen LogP contribution is 2.13. The van der Waals surface area contributed by atoms with Gasteiger partial charge in [-0.2, -0.15) is 0 Å². The molecule has 25 heavy (non-hydrogen) atoms. The summed E-state index contributed by atoms with van der Waals surface area (Å²) in [4.78, 5) is 28.1. The van der Waals surface area contributed by atoms with E-state index in [9.17, 15) is 9.59 Å². The second kappa shape index (κ2) is 8.82. The largest absolute Gasteiger partial charge is 0.462 e. The van der Waals surface area contributed by atoms with Gasteiger partial charge in [0.15, 0.2) is 0 Å². The van der Waals surface area contributed by atoms with Crippen molar-refractivity contribution in [3.05, 3.63) is 53.7 Å². The molecule has 0 radical (unpaired) electrons. The van der Waals surface area contributed by atoms with E-state index >= 15 is 0 Å². The highest BCUT2D eigenvalue weighted by atomic mass is 16.5. The minimum atomic E-state index is -0.381. The van der Waals surface area contributed by atoms with Crippen LogP contribution < -0.4 is 10.6 Å². The van der Waals surface area contributed by atoms with Crippen molar-refractivity contribution in [3.63, 3.8) is 0 Å². The van der Waals surface area contributed by atoms with E-state index in [0.29, 0.717) is 29.5 Å². The molecule has 2 rings (SSSR count). The van der Waals surface area contributed by atoms with E-state index in [4.69, 9.17) is 4.74 Å². The van der Waals surface area contributed by atoms with Crippen molar-refractivity contribution in [2.24, 2.45) is 0 Å². The fourth-order valence-corrected chi connectivity index (χ4v) is 2.08. The summed E-state index contributed by atoms with van der Waals surface area (Å²) < 4.78 is 4.92. The van der Waals surface area contributed by atoms with E-state index in [2.05, 4.69) is 29.5 Å². The summed E-state index contributed by atoms with van der Waals surface area (Å²) in [6.07, 6.45) is 2.53. The van der Waals surface area contributed by atoms with Crippen molar-refractivity contribution in [2.75, 3.05) is 17.2 Å². The van der Waals surface area contributed by atoms with Crippen LogP contribution in [0.4, 0.5) is 11.5 Å². The highest BCUT2D eigenvalue weighted by Gasteiger charge is 2.09. The monoisotopic (exact) mass is 341 g/mol. The zero-order valence-corrected chi connectivity index (χ0v) is 14.7. The number of pyridine rings is 1. The van der Waals surface area contributed by atoms with Gasteiger partial charge >= 0.3 is 5.97 Å². The summed E-state index contributed by atoms with van der Waals surface area (Å²) in [7, 11) is 0. The molecule has 0 aliphatic carbocycles. The Morgan fingerprint density at radius 1 is 1.08 bits per heavy atom. The first kappa shape index (κ1) is 18.4. The molecule has 2 N–H and O–H groups in total. The van der Waals surface area contributed by atoms with Crippen LogP contribution >= 0.6 is 0 Å². The number of amides is 1. The molecule has 0 aliphatic heterocycles. The Labute approximate surface area is 147 Å². The Bertz CT molecular complexity index is 712. The molecule has 0 saturated carbocycles. The molecule has 0 saturated heterocycles. The Morgan fingerprint density at radius 3 is 2.32 bits per heavy atom. The normalized spacial score (nSPS) is 11.5. The third-order valence-corrected chi connectivity index (χ3v) is 3.69. The van der Waals surface area contributed by atoms with Gasteiger partial charge in [-0.1, -0.05) is 6.92 Å². The van der Waals surface area contributed by atoms with E-state index in [1.54, 1.807) is 43.3 Å². The molecule has 1 aromatic heterocycles. The van der Waals surface area contributed by atoms with Crippen LogP contribution in [0.5, 0.6) is 0 Å². The lowest BCUT2D eigenvalue weighted by Gasteiger charge is -2.12. The van der Waals surface area contributed by atoms with Gasteiger partial charge in [0.25, 0.3) is 5.91 Å². The Balaban J connectivity index is 1.98. The molecule has 1 amide bonds. The van der Waals surface area contributed by atoms with E-state index in [1.807, 2.05) is 0 Å². The van der Waals surface area contributed by atoms with Gasteiger partial charge < -0.3 is 15.4 Å². The number of carbonyl (C=O) groups is 2. The lowest BCUT2D eigenvalue weighted by molar-refractivity contribution is 0.0526. The number of anilines is 2. The minimum absolute atomic E-state index is 0.258. The van der Waals surface area contributed by atoms with Gasteiger partial charge in [-0.05, 0) is 56.7 Å². The fraction of sp³-hybridized carbons (Fsp3) is 0.316. The van der Waals surface area contributed by atoms with Crippen LogP contribution in [0, 0.1) is 0 Å². The number of hydrogen-bond acceptors (Lipinski definition) is 5. The maximum atomic E-state index is 12.3. The van der Waals surface area contributed by atoms with Crippen LogP contribution in [-0.2, 0) is 4.74 Å². The summed E-state index contributed by atoms with van der Waals surface area (Å²) in [5, 5.41) is 6.02. The molecule has 0 bridgehead atoms. The van der Waals surface area contributed by atoms with Gasteiger partial charge in [0.05, 0.1) is 17.7 Å². The number of carbonyl (C=O) groups excluding carboxylic acids is 2. The van der Waals surface area contributed by atoms with Crippen LogP contribution in [0.3, 0.4) is 0 Å². The third-order valence-electron chi connectivity index (χ3n) is 3.69. The van der Waals surface area contributed by atoms with Crippen molar-refractivity contribution in [2.45, 2.75) is 33.2 Å². The van der Waals surface area contributed by atoms with E-state index < -0.39 is 0 Å². The molecule has 1 heterocycles. The van der Waals surface area contributed by atoms with Crippen molar-refractivity contribution in [1.29, 1.82) is 0 Å². The summed E-state index contributed by atoms with van der Waals surface area (Å²) >= 11 is 0. The molecule has 0 aliphatic rings. The van der Waals surface area contributed by atoms with Crippen molar-refractivity contribution in [1.82, 2.24) is 4.98 Å². The quantitative estimate of drug-likeness (QED) is 0.750. The summed E-state index contributed by atoms with van der Waals surface area (Å²) in [6, 6.07) is 10.4. The smallest absolute Gasteiger partial charge is 0.338 e. The molecule has 0 fully saturated rings. The standard InChI is InChI=1S/C19H23N3O3/c1-4-13(3)21-17-11-8-15(12-20-17)18(23)22-16-9-6-14(7-10-16)19(24)25-5-2/h6-13H,4-5H2,1-3H3,(H,20,21)(H,22,23). The first-order chi connectivity index (χ1) is 12.0. The average molecular weight is 341 g/mol. The predicted octanol–water partition coefficient (Wildman–Crippen LogP) is 3.72. The van der Waals surface area contributed by atoms with Crippen molar-refractivity contribution >= 4 is 23.4 Å². The predicted molar refractivity (Wildman–Crippen MR) is 98.0 cm³/mol. The topological polar surface area (TPSA) is 80.3 Å². The fourth-order valence-electron chi connectivity index (χ4n) is 2.08. The third kappa shape index (κ3) is 5.31. The number of benzene rings is 1. The van der Waals surface area contributed by atoms with Crippen LogP contribution in [0.2, 0.25) is 0 Å². The first-order valence-electron chi connectivity index (χ1n) is 8.34. The maximum Gasteiger partial charge on any atom is 0.338 e. The van der Waals surface area contributed by atoms with Gasteiger partial charge in [-0.25, -0.2) is 9.78 Å². The zero-order valence-electron chi connectivity index (χ0n) is 14.7. The van der Waals surface area contributed by atoms with Gasteiger partial charge in [0.1, 0.15) is 5.82 Å². The average Bonchev–Trinajstić information content (AvgIpc) is 2.63. The second-order valence-corrected chi connectivity index (χ2v) is 5.64. The SMILES string of the molecule is CCOC(=O)c1ccc(NC(=O)c2ccc(NC(C)CC)nc2)cc1. The molecule has 6 nitrogen and oxygen atoms in total. The van der Waals surface area contributed by atoms with Gasteiger partial charge in [0.2, 0.25) is 0 Å². The molecular formula is C19H23N3O3. The number of nitrogens with one attached hydrogen (secondary N) is 2. The number of esters is 1. The Morgan fingerprint density at radius 2 is 1.76 bits per heavy atom. The van der Waals surface area contributed by atoms with Crippen LogP contribution in [0.15, 0.2) is 42.6 Å². The van der Waals surface area contributed by atoms with Gasteiger partial charge in [-0.15, -0.1) is 0 Å². The lowest BCUT2D eigenvalue weighted by atomic mass is 10.2. The molecule has 1 atom stereocenters. The van der Waals surface area contributed by atoms with Gasteiger partial charge in [0, 0.05) is 17.9 Å². The molecule has 6 heteroatoms. The number of nitrogens with zero attached hydrogens (tertiary/aromatic N) is 1. The van der Waals surface area contributed by atoms with Crippen molar-refractivity contribution < 1.29 is 14.3 Å². The zero-order chi connectivity index (χ0) is 18.2. The van der Waals surface area contributed by atoms with Gasteiger partial charge in [-0.3, -0.25) is 4.79 Å². The summed E-state index contributed by atoms with van der Waals surface area (Å²) in [5.41, 5.74) is 1.51. The number of ether oxygens (including phenoxy) is 1. The van der Waals surface area contributed by atoms with Crippen molar-refractivity contribution in [3.8, 4) is 0 Å². The Kier molecular flexibility index (Phi) is 6.51. The highest BCUT2D eigenvalue weighted by molar-refractivity contribution is 6.04. The van der Waals surface area contributed by atoms with Crippen LogP contribution in [0.25, 0.3) is 0 Å². The number of hydrogen-bond donors (Lipinski definition) is 2. The molecule has 132 valence electrons. The first-order valence-corrected chi connectivity index (χ1v) is 8.34. The molecule has 0 spiro atoms. The minimum Gasteiger partial charge on any atom is -0.462 e.